The molecular weight excluding hydrogens is 218 g/mol. The fourth-order valence-electron chi connectivity index (χ4n) is 2.09. The number of aromatic hydroxyl groups is 1. The Hall–Kier alpha value is -1.81. The Balaban J connectivity index is 1.97. The molecule has 0 fully saturated rings. The van der Waals surface area contributed by atoms with E-state index >= 15 is 0 Å². The van der Waals surface area contributed by atoms with Gasteiger partial charge in [-0.2, -0.15) is 0 Å². The third-order valence-corrected chi connectivity index (χ3v) is 3.03. The van der Waals surface area contributed by atoms with Gasteiger partial charge in [-0.25, -0.2) is 4.98 Å². The summed E-state index contributed by atoms with van der Waals surface area (Å²) >= 11 is 0. The van der Waals surface area contributed by atoms with Gasteiger partial charge in [0, 0.05) is 12.0 Å². The van der Waals surface area contributed by atoms with E-state index in [1.165, 1.54) is 0 Å². The number of aromatic nitrogens is 1. The van der Waals surface area contributed by atoms with E-state index in [-0.39, 0.29) is 11.9 Å². The lowest BCUT2D eigenvalue weighted by Crippen LogP contribution is -2.17. The van der Waals surface area contributed by atoms with Crippen LogP contribution in [0.2, 0.25) is 0 Å². The number of fused-ring (bicyclic) bond motifs is 1. The van der Waals surface area contributed by atoms with Crippen molar-refractivity contribution in [2.45, 2.75) is 25.4 Å². The number of aliphatic hydroxyl groups excluding tert-OH is 1. The number of benzene rings is 1. The molecule has 4 nitrogen and oxygen atoms in total. The minimum atomic E-state index is -0.317. The van der Waals surface area contributed by atoms with E-state index in [2.05, 4.69) is 4.98 Å². The SMILES string of the molecule is Oc1ccc(-c2nc3c(o2)CC(O)CC3)cc1. The molecule has 3 rings (SSSR count). The quantitative estimate of drug-likeness (QED) is 0.786. The topological polar surface area (TPSA) is 66.5 Å². The van der Waals surface area contributed by atoms with Crippen molar-refractivity contribution in [1.82, 2.24) is 4.98 Å². The minimum Gasteiger partial charge on any atom is -0.508 e. The molecule has 0 saturated heterocycles. The zero-order valence-electron chi connectivity index (χ0n) is 9.26. The van der Waals surface area contributed by atoms with Gasteiger partial charge in [-0.1, -0.05) is 0 Å². The van der Waals surface area contributed by atoms with Crippen molar-refractivity contribution in [2.75, 3.05) is 0 Å². The highest BCUT2D eigenvalue weighted by atomic mass is 16.4. The van der Waals surface area contributed by atoms with Gasteiger partial charge < -0.3 is 14.6 Å². The maximum Gasteiger partial charge on any atom is 0.226 e. The summed E-state index contributed by atoms with van der Waals surface area (Å²) in [5, 5.41) is 18.8. The summed E-state index contributed by atoms with van der Waals surface area (Å²) in [4.78, 5) is 4.43. The second-order valence-electron chi connectivity index (χ2n) is 4.33. The molecule has 17 heavy (non-hydrogen) atoms. The summed E-state index contributed by atoms with van der Waals surface area (Å²) in [6, 6.07) is 6.74. The van der Waals surface area contributed by atoms with Gasteiger partial charge in [-0.05, 0) is 37.1 Å². The van der Waals surface area contributed by atoms with Gasteiger partial charge in [-0.3, -0.25) is 0 Å². The Morgan fingerprint density at radius 1 is 1.24 bits per heavy atom. The number of phenolic OH excluding ortho intramolecular Hbond substituents is 1. The first-order valence-electron chi connectivity index (χ1n) is 5.68. The van der Waals surface area contributed by atoms with E-state index in [9.17, 15) is 10.2 Å². The summed E-state index contributed by atoms with van der Waals surface area (Å²) in [7, 11) is 0. The van der Waals surface area contributed by atoms with Crippen molar-refractivity contribution in [3.63, 3.8) is 0 Å². The van der Waals surface area contributed by atoms with Crippen molar-refractivity contribution in [2.24, 2.45) is 0 Å². The summed E-state index contributed by atoms with van der Waals surface area (Å²) in [6.45, 7) is 0. The zero-order chi connectivity index (χ0) is 11.8. The molecule has 0 aliphatic heterocycles. The van der Waals surface area contributed by atoms with E-state index in [4.69, 9.17) is 4.42 Å². The highest BCUT2D eigenvalue weighted by Gasteiger charge is 2.22. The molecule has 0 radical (unpaired) electrons. The van der Waals surface area contributed by atoms with E-state index < -0.39 is 0 Å². The van der Waals surface area contributed by atoms with E-state index in [1.54, 1.807) is 24.3 Å². The predicted octanol–water partition coefficient (Wildman–Crippen LogP) is 1.90. The molecule has 1 atom stereocenters. The Labute approximate surface area is 98.5 Å². The number of aliphatic hydroxyl groups is 1. The average molecular weight is 231 g/mol. The highest BCUT2D eigenvalue weighted by Crippen LogP contribution is 2.28. The van der Waals surface area contributed by atoms with Crippen molar-refractivity contribution in [1.29, 1.82) is 0 Å². The van der Waals surface area contributed by atoms with Crippen LogP contribution in [0.1, 0.15) is 17.9 Å². The van der Waals surface area contributed by atoms with Crippen LogP contribution in [-0.4, -0.2) is 21.3 Å². The number of rotatable bonds is 1. The number of phenols is 1. The molecule has 1 aliphatic rings. The first-order chi connectivity index (χ1) is 8.22. The predicted molar refractivity (Wildman–Crippen MR) is 61.6 cm³/mol. The molecule has 1 heterocycles. The van der Waals surface area contributed by atoms with Crippen molar-refractivity contribution >= 4 is 0 Å². The lowest BCUT2D eigenvalue weighted by atomic mass is 9.99. The standard InChI is InChI=1S/C13H13NO3/c15-9-3-1-8(2-4-9)13-14-11-6-5-10(16)7-12(11)17-13/h1-4,10,15-16H,5-7H2. The Morgan fingerprint density at radius 2 is 2.00 bits per heavy atom. The average Bonchev–Trinajstić information content (AvgIpc) is 2.72. The molecule has 2 N–H and O–H groups in total. The number of oxazole rings is 1. The van der Waals surface area contributed by atoms with Crippen LogP contribution in [0.5, 0.6) is 5.75 Å². The molecule has 1 unspecified atom stereocenters. The van der Waals surface area contributed by atoms with E-state index in [0.717, 1.165) is 29.9 Å². The van der Waals surface area contributed by atoms with Gasteiger partial charge in [0.05, 0.1) is 11.8 Å². The van der Waals surface area contributed by atoms with Gasteiger partial charge in [0.1, 0.15) is 11.5 Å². The van der Waals surface area contributed by atoms with Crippen LogP contribution in [0, 0.1) is 0 Å². The molecule has 88 valence electrons. The second-order valence-corrected chi connectivity index (χ2v) is 4.33. The van der Waals surface area contributed by atoms with Crippen LogP contribution in [0.4, 0.5) is 0 Å². The summed E-state index contributed by atoms with van der Waals surface area (Å²) in [5.41, 5.74) is 1.78. The van der Waals surface area contributed by atoms with Crippen LogP contribution < -0.4 is 0 Å². The van der Waals surface area contributed by atoms with Gasteiger partial charge in [0.15, 0.2) is 0 Å². The third kappa shape index (κ3) is 1.91. The van der Waals surface area contributed by atoms with Crippen LogP contribution in [0.25, 0.3) is 11.5 Å². The summed E-state index contributed by atoms with van der Waals surface area (Å²) in [5.74, 6) is 1.57. The number of hydrogen-bond acceptors (Lipinski definition) is 4. The fraction of sp³-hybridized carbons (Fsp3) is 0.308. The summed E-state index contributed by atoms with van der Waals surface area (Å²) in [6.07, 6.45) is 1.73. The molecule has 4 heteroatoms. The normalized spacial score (nSPS) is 19.0. The monoisotopic (exact) mass is 231 g/mol. The van der Waals surface area contributed by atoms with Crippen LogP contribution in [0.3, 0.4) is 0 Å². The highest BCUT2D eigenvalue weighted by molar-refractivity contribution is 5.55. The number of hydrogen-bond donors (Lipinski definition) is 2. The van der Waals surface area contributed by atoms with Crippen LogP contribution in [-0.2, 0) is 12.8 Å². The first-order valence-corrected chi connectivity index (χ1v) is 5.68. The van der Waals surface area contributed by atoms with Crippen molar-refractivity contribution < 1.29 is 14.6 Å². The van der Waals surface area contributed by atoms with E-state index in [1.807, 2.05) is 0 Å². The maximum atomic E-state index is 9.55. The molecule has 0 amide bonds. The zero-order valence-corrected chi connectivity index (χ0v) is 9.26. The number of nitrogens with zero attached hydrogens (tertiary/aromatic N) is 1. The Kier molecular flexibility index (Phi) is 2.37. The minimum absolute atomic E-state index is 0.223. The molecule has 1 aliphatic carbocycles. The molecule has 1 aromatic carbocycles. The summed E-state index contributed by atoms with van der Waals surface area (Å²) < 4.78 is 5.65. The Bertz CT molecular complexity index is 530. The maximum absolute atomic E-state index is 9.55. The number of aryl methyl sites for hydroxylation is 1. The molecule has 1 aromatic heterocycles. The third-order valence-electron chi connectivity index (χ3n) is 3.03. The van der Waals surface area contributed by atoms with Crippen molar-refractivity contribution in [3.8, 4) is 17.2 Å². The second kappa shape index (κ2) is 3.89. The largest absolute Gasteiger partial charge is 0.508 e. The van der Waals surface area contributed by atoms with Gasteiger partial charge >= 0.3 is 0 Å². The Morgan fingerprint density at radius 3 is 2.76 bits per heavy atom. The lowest BCUT2D eigenvalue weighted by Gasteiger charge is -2.13. The molecule has 0 saturated carbocycles. The van der Waals surface area contributed by atoms with Crippen molar-refractivity contribution in [3.05, 3.63) is 35.7 Å². The van der Waals surface area contributed by atoms with Gasteiger partial charge in [-0.15, -0.1) is 0 Å². The van der Waals surface area contributed by atoms with Gasteiger partial charge in [0.2, 0.25) is 5.89 Å². The molecule has 0 bridgehead atoms. The first kappa shape index (κ1) is 10.4. The lowest BCUT2D eigenvalue weighted by molar-refractivity contribution is 0.150. The van der Waals surface area contributed by atoms with E-state index in [0.29, 0.717) is 12.3 Å². The molecular formula is C13H13NO3. The van der Waals surface area contributed by atoms with Crippen LogP contribution in [0.15, 0.2) is 28.7 Å². The fourth-order valence-corrected chi connectivity index (χ4v) is 2.09. The van der Waals surface area contributed by atoms with Crippen LogP contribution >= 0.6 is 0 Å². The van der Waals surface area contributed by atoms with Gasteiger partial charge in [0.25, 0.3) is 0 Å². The molecule has 0 spiro atoms. The molecule has 2 aromatic rings. The smallest absolute Gasteiger partial charge is 0.226 e.